The van der Waals surface area contributed by atoms with Crippen molar-refractivity contribution in [2.24, 2.45) is 23.3 Å². The second kappa shape index (κ2) is 9.29. The van der Waals surface area contributed by atoms with E-state index < -0.39 is 69.3 Å². The van der Waals surface area contributed by atoms with Crippen LogP contribution in [0.3, 0.4) is 0 Å². The molecule has 0 unspecified atom stereocenters. The number of aromatic hydroxyl groups is 1. The van der Waals surface area contributed by atoms with Crippen molar-refractivity contribution in [3.05, 3.63) is 45.4 Å². The second-order valence-electron chi connectivity index (χ2n) is 12.0. The molecular formula is C28H35N5O8. The fraction of sp³-hybridized carbons (Fsp3) is 0.500. The summed E-state index contributed by atoms with van der Waals surface area (Å²) >= 11 is 0. The number of Topliss-reactive ketones (excluding diaryl/α,β-unsaturated/α-hetero) is 2. The second-order valence-corrected chi connectivity index (χ2v) is 12.0. The number of primary amides is 1. The van der Waals surface area contributed by atoms with Gasteiger partial charge < -0.3 is 42.1 Å². The number of hydrogen-bond donors (Lipinski definition) is 7. The Hall–Kier alpha value is -3.94. The zero-order valence-electron chi connectivity index (χ0n) is 23.3. The molecule has 1 aromatic rings. The summed E-state index contributed by atoms with van der Waals surface area (Å²) < 4.78 is 0. The lowest BCUT2D eigenvalue weighted by molar-refractivity contribution is -0.148. The number of nitrogens with one attached hydrogen (secondary N) is 1. The molecule has 0 aliphatic heterocycles. The van der Waals surface area contributed by atoms with Gasteiger partial charge in [0.25, 0.3) is 5.91 Å². The van der Waals surface area contributed by atoms with Crippen molar-refractivity contribution < 1.29 is 39.6 Å². The number of aliphatic hydroxyl groups is 3. The maximum Gasteiger partial charge on any atom is 0.255 e. The maximum atomic E-state index is 14.0. The topological polar surface area (TPSA) is 220 Å². The number of carbonyl (C=O) groups excluding carboxylic acids is 4. The van der Waals surface area contributed by atoms with Gasteiger partial charge in [0.05, 0.1) is 17.1 Å². The van der Waals surface area contributed by atoms with Gasteiger partial charge in [-0.05, 0) is 57.3 Å². The number of rotatable bonds is 6. The van der Waals surface area contributed by atoms with Crippen LogP contribution in [0.1, 0.15) is 40.7 Å². The van der Waals surface area contributed by atoms with E-state index in [1.807, 2.05) is 0 Å². The van der Waals surface area contributed by atoms with Crippen LogP contribution in [0.15, 0.2) is 28.7 Å². The smallest absolute Gasteiger partial charge is 0.255 e. The molecule has 0 spiro atoms. The number of hydrogen-bond acceptors (Lipinski definition) is 11. The number of benzene rings is 1. The first-order valence-electron chi connectivity index (χ1n) is 13.3. The SMILES string of the molecule is CN(C)c1cc(CNC(=O)C2(N)CC2)c(O)c2c1C[C@H]1C[C@H]3[C@H](N(C)C)C(O)=C(C(N)=O)C(=O)[C@@]3(O)C(O)=C1C2=O. The Bertz CT molecular complexity index is 1470. The Labute approximate surface area is 236 Å². The largest absolute Gasteiger partial charge is 0.510 e. The summed E-state index contributed by atoms with van der Waals surface area (Å²) in [6.45, 7) is -0.111. The Morgan fingerprint density at radius 2 is 1.76 bits per heavy atom. The molecule has 1 saturated carbocycles. The molecule has 9 N–H and O–H groups in total. The highest BCUT2D eigenvalue weighted by Crippen LogP contribution is 2.53. The lowest BCUT2D eigenvalue weighted by Gasteiger charge is -2.50. The first-order chi connectivity index (χ1) is 19.1. The van der Waals surface area contributed by atoms with Crippen molar-refractivity contribution in [2.45, 2.75) is 49.4 Å². The lowest BCUT2D eigenvalue weighted by atomic mass is 9.58. The van der Waals surface area contributed by atoms with Crippen LogP contribution in [-0.4, -0.2) is 94.1 Å². The average molecular weight is 570 g/mol. The first kappa shape index (κ1) is 28.6. The molecule has 0 heterocycles. The van der Waals surface area contributed by atoms with Gasteiger partial charge in [0.15, 0.2) is 11.4 Å². The summed E-state index contributed by atoms with van der Waals surface area (Å²) in [6.07, 6.45) is 1.25. The highest BCUT2D eigenvalue weighted by atomic mass is 16.3. The lowest BCUT2D eigenvalue weighted by Crippen LogP contribution is -2.63. The molecule has 2 amide bonds. The van der Waals surface area contributed by atoms with Gasteiger partial charge in [0, 0.05) is 43.4 Å². The predicted molar refractivity (Wildman–Crippen MR) is 146 cm³/mol. The van der Waals surface area contributed by atoms with Crippen molar-refractivity contribution in [1.29, 1.82) is 0 Å². The first-order valence-corrected chi connectivity index (χ1v) is 13.3. The van der Waals surface area contributed by atoms with Gasteiger partial charge >= 0.3 is 0 Å². The van der Waals surface area contributed by atoms with Crippen molar-refractivity contribution >= 4 is 29.1 Å². The zero-order valence-corrected chi connectivity index (χ0v) is 23.3. The van der Waals surface area contributed by atoms with Crippen molar-refractivity contribution in [3.63, 3.8) is 0 Å². The molecular weight excluding hydrogens is 534 g/mol. The number of ketones is 2. The molecule has 0 aromatic heterocycles. The summed E-state index contributed by atoms with van der Waals surface area (Å²) in [5.41, 5.74) is 7.81. The molecule has 220 valence electrons. The number of carbonyl (C=O) groups is 4. The van der Waals surface area contributed by atoms with Crippen LogP contribution in [0.5, 0.6) is 5.75 Å². The summed E-state index contributed by atoms with van der Waals surface area (Å²) in [5.74, 6) is -7.48. The van der Waals surface area contributed by atoms with Gasteiger partial charge in [-0.3, -0.25) is 24.1 Å². The maximum absolute atomic E-state index is 14.0. The van der Waals surface area contributed by atoms with E-state index in [-0.39, 0.29) is 42.0 Å². The summed E-state index contributed by atoms with van der Waals surface area (Å²) in [7, 11) is 6.67. The minimum Gasteiger partial charge on any atom is -0.510 e. The number of nitrogens with zero attached hydrogens (tertiary/aromatic N) is 2. The van der Waals surface area contributed by atoms with Crippen LogP contribution in [0, 0.1) is 11.8 Å². The Morgan fingerprint density at radius 1 is 1.12 bits per heavy atom. The van der Waals surface area contributed by atoms with Crippen LogP contribution >= 0.6 is 0 Å². The van der Waals surface area contributed by atoms with E-state index in [0.717, 1.165) is 0 Å². The monoisotopic (exact) mass is 569 g/mol. The van der Waals surface area contributed by atoms with Gasteiger partial charge in [-0.1, -0.05) is 0 Å². The van der Waals surface area contributed by atoms with Gasteiger partial charge in [0.1, 0.15) is 22.8 Å². The number of likely N-dealkylation sites (N-methyl/N-ethyl adjacent to an activating group) is 1. The third kappa shape index (κ3) is 4.02. The van der Waals surface area contributed by atoms with Gasteiger partial charge in [-0.15, -0.1) is 0 Å². The van der Waals surface area contributed by atoms with Crippen LogP contribution in [0.25, 0.3) is 0 Å². The molecule has 4 aliphatic rings. The zero-order chi connectivity index (χ0) is 30.3. The van der Waals surface area contributed by atoms with Crippen LogP contribution in [0.4, 0.5) is 5.69 Å². The number of fused-ring (bicyclic) bond motifs is 3. The number of nitrogens with two attached hydrogens (primary N) is 2. The van der Waals surface area contributed by atoms with Crippen LogP contribution in [-0.2, 0) is 27.3 Å². The van der Waals surface area contributed by atoms with Crippen molar-refractivity contribution in [1.82, 2.24) is 10.2 Å². The van der Waals surface area contributed by atoms with E-state index >= 15 is 0 Å². The normalized spacial score (nSPS) is 28.2. The number of anilines is 1. The van der Waals surface area contributed by atoms with Crippen molar-refractivity contribution in [3.8, 4) is 5.75 Å². The van der Waals surface area contributed by atoms with E-state index in [9.17, 15) is 39.6 Å². The van der Waals surface area contributed by atoms with E-state index in [4.69, 9.17) is 11.5 Å². The standard InChI is InChI=1S/C28H35N5O8/c1-32(2)15-9-12(10-31-26(40)27(30)5-6-27)20(34)17-13(15)7-11-8-14-19(33(3)4)22(36)18(25(29)39)24(38)28(14,41)23(37)16(11)21(17)35/h9,11,14,19,34,36-37,41H,5-8,10,30H2,1-4H3,(H2,29,39)(H,31,40)/t11-,14-,19-,28-/m0/s1. The van der Waals surface area contributed by atoms with E-state index in [1.54, 1.807) is 39.2 Å². The molecule has 5 rings (SSSR count). The molecule has 13 heteroatoms. The van der Waals surface area contributed by atoms with Gasteiger partial charge in [-0.25, -0.2) is 0 Å². The quantitative estimate of drug-likeness (QED) is 0.212. The average Bonchev–Trinajstić information content (AvgIpc) is 3.63. The number of amides is 2. The van der Waals surface area contributed by atoms with Crippen LogP contribution < -0.4 is 21.7 Å². The predicted octanol–water partition coefficient (Wildman–Crippen LogP) is -0.706. The molecule has 0 saturated heterocycles. The van der Waals surface area contributed by atoms with Gasteiger partial charge in [-0.2, -0.15) is 0 Å². The number of phenolic OH excluding ortho intramolecular Hbond substituents is 1. The van der Waals surface area contributed by atoms with E-state index in [1.165, 1.54) is 4.90 Å². The van der Waals surface area contributed by atoms with E-state index in [2.05, 4.69) is 5.32 Å². The molecule has 13 nitrogen and oxygen atoms in total. The van der Waals surface area contributed by atoms with Crippen molar-refractivity contribution in [2.75, 3.05) is 33.1 Å². The van der Waals surface area contributed by atoms with Gasteiger partial charge in [0.2, 0.25) is 11.7 Å². The summed E-state index contributed by atoms with van der Waals surface area (Å²) in [6, 6.07) is 0.608. The summed E-state index contributed by atoms with van der Waals surface area (Å²) in [5, 5.41) is 48.1. The van der Waals surface area contributed by atoms with Crippen LogP contribution in [0.2, 0.25) is 0 Å². The third-order valence-corrected chi connectivity index (χ3v) is 8.94. The third-order valence-electron chi connectivity index (χ3n) is 8.94. The highest BCUT2D eigenvalue weighted by molar-refractivity contribution is 6.25. The minimum atomic E-state index is -2.71. The Balaban J connectivity index is 1.65. The minimum absolute atomic E-state index is 0.00418. The summed E-state index contributed by atoms with van der Waals surface area (Å²) in [4.78, 5) is 55.3. The fourth-order valence-corrected chi connectivity index (χ4v) is 6.60. The molecule has 41 heavy (non-hydrogen) atoms. The van der Waals surface area contributed by atoms with E-state index in [0.29, 0.717) is 24.1 Å². The number of allylic oxidation sites excluding steroid dienone is 1. The highest BCUT2D eigenvalue weighted by Gasteiger charge is 2.63. The molecule has 4 aliphatic carbocycles. The number of aliphatic hydroxyl groups excluding tert-OH is 2. The Kier molecular flexibility index (Phi) is 6.48. The molecule has 1 aromatic carbocycles. The molecule has 1 fully saturated rings. The Morgan fingerprint density at radius 3 is 2.29 bits per heavy atom. The molecule has 0 radical (unpaired) electrons. The number of phenols is 1. The fourth-order valence-electron chi connectivity index (χ4n) is 6.60. The molecule has 4 atom stereocenters. The molecule has 0 bridgehead atoms.